The molecule has 1 aromatic carbocycles. The van der Waals surface area contributed by atoms with E-state index >= 15 is 0 Å². The summed E-state index contributed by atoms with van der Waals surface area (Å²) >= 11 is 1.28. The van der Waals surface area contributed by atoms with Crippen LogP contribution in [0.5, 0.6) is 0 Å². The van der Waals surface area contributed by atoms with E-state index < -0.39 is 11.6 Å². The van der Waals surface area contributed by atoms with Gasteiger partial charge in [0.15, 0.2) is 11.6 Å². The Morgan fingerprint density at radius 1 is 1.12 bits per heavy atom. The molecule has 0 bridgehead atoms. The monoisotopic (exact) mass is 376 g/mol. The Balaban J connectivity index is 1.59. The van der Waals surface area contributed by atoms with Crippen LogP contribution in [-0.4, -0.2) is 45.6 Å². The highest BCUT2D eigenvalue weighted by Gasteiger charge is 2.34. The molecular weight excluding hydrogens is 358 g/mol. The summed E-state index contributed by atoms with van der Waals surface area (Å²) in [6.45, 7) is 2.02. The number of hydrazine groups is 1. The van der Waals surface area contributed by atoms with Crippen molar-refractivity contribution in [2.24, 2.45) is 0 Å². The molecule has 0 atom stereocenters. The van der Waals surface area contributed by atoms with Gasteiger partial charge in [0.2, 0.25) is 0 Å². The Hall–Kier alpha value is -2.32. The van der Waals surface area contributed by atoms with E-state index in [9.17, 15) is 13.9 Å². The van der Waals surface area contributed by atoms with Gasteiger partial charge in [-0.2, -0.15) is 0 Å². The van der Waals surface area contributed by atoms with E-state index in [1.54, 1.807) is 10.4 Å². The Kier molecular flexibility index (Phi) is 4.46. The number of nitrogens with one attached hydrogen (secondary N) is 1. The Labute approximate surface area is 153 Å². The fraction of sp³-hybridized carbons (Fsp3) is 0.333. The molecule has 2 aliphatic rings. The van der Waals surface area contributed by atoms with Crippen LogP contribution in [0, 0.1) is 17.0 Å². The molecule has 2 aromatic rings. The molecule has 0 amide bonds. The van der Waals surface area contributed by atoms with Crippen molar-refractivity contribution in [1.29, 1.82) is 5.41 Å². The molecule has 3 heterocycles. The lowest BCUT2D eigenvalue weighted by Gasteiger charge is -2.35. The number of hydrogen-bond donors (Lipinski definition) is 2. The van der Waals surface area contributed by atoms with Gasteiger partial charge in [-0.25, -0.2) is 18.8 Å². The number of aliphatic hydroxyl groups is 1. The fourth-order valence-electron chi connectivity index (χ4n) is 3.33. The molecule has 2 aliphatic heterocycles. The van der Waals surface area contributed by atoms with Crippen LogP contribution < -0.4 is 0 Å². The van der Waals surface area contributed by atoms with Crippen LogP contribution in [0.2, 0.25) is 0 Å². The van der Waals surface area contributed by atoms with Crippen LogP contribution in [0.4, 0.5) is 8.78 Å². The number of halogens is 2. The quantitative estimate of drug-likeness (QED) is 0.848. The molecule has 2 N–H and O–H groups in total. The van der Waals surface area contributed by atoms with E-state index in [-0.39, 0.29) is 18.1 Å². The lowest BCUT2D eigenvalue weighted by Crippen LogP contribution is -2.46. The zero-order valence-electron chi connectivity index (χ0n) is 14.0. The van der Waals surface area contributed by atoms with Crippen molar-refractivity contribution in [3.63, 3.8) is 0 Å². The number of aliphatic hydroxyl groups excluding tert-OH is 1. The van der Waals surface area contributed by atoms with E-state index in [0.717, 1.165) is 38.1 Å². The fourth-order valence-corrected chi connectivity index (χ4v) is 4.22. The number of piperidine rings is 1. The van der Waals surface area contributed by atoms with Gasteiger partial charge in [0.05, 0.1) is 17.8 Å². The summed E-state index contributed by atoms with van der Waals surface area (Å²) in [5.74, 6) is -1.48. The van der Waals surface area contributed by atoms with Gasteiger partial charge in [0.1, 0.15) is 16.6 Å². The third-order valence-electron chi connectivity index (χ3n) is 4.69. The zero-order valence-corrected chi connectivity index (χ0v) is 14.8. The number of hydrogen-bond acceptors (Lipinski definition) is 5. The van der Waals surface area contributed by atoms with Crippen molar-refractivity contribution in [1.82, 2.24) is 15.0 Å². The smallest absolute Gasteiger partial charge is 0.159 e. The molecule has 1 saturated heterocycles. The van der Waals surface area contributed by atoms with Crippen LogP contribution >= 0.6 is 11.3 Å². The average Bonchev–Trinajstić information content (AvgIpc) is 3.22. The van der Waals surface area contributed by atoms with Crippen LogP contribution in [0.3, 0.4) is 0 Å². The second kappa shape index (κ2) is 6.77. The summed E-state index contributed by atoms with van der Waals surface area (Å²) in [5, 5.41) is 25.0. The number of nitrogens with zero attached hydrogens (tertiary/aromatic N) is 3. The molecule has 4 rings (SSSR count). The van der Waals surface area contributed by atoms with Crippen LogP contribution in [-0.2, 0) is 0 Å². The SMILES string of the molecule is N=C1C(c2nc(-c3ccc(F)c(F)c3)cs2)=C(O)CN1N1CCCCC1. The Bertz CT molecular complexity index is 889. The highest BCUT2D eigenvalue weighted by atomic mass is 32.1. The second-order valence-corrected chi connectivity index (χ2v) is 7.27. The molecule has 5 nitrogen and oxygen atoms in total. The summed E-state index contributed by atoms with van der Waals surface area (Å²) in [6, 6.07) is 3.63. The minimum Gasteiger partial charge on any atom is -0.509 e. The van der Waals surface area contributed by atoms with Crippen molar-refractivity contribution in [3.8, 4) is 11.3 Å². The van der Waals surface area contributed by atoms with Crippen LogP contribution in [0.25, 0.3) is 16.8 Å². The molecule has 0 aliphatic carbocycles. The number of thiazole rings is 1. The molecule has 136 valence electrons. The predicted octanol–water partition coefficient (Wildman–Crippen LogP) is 4.05. The number of benzene rings is 1. The van der Waals surface area contributed by atoms with Crippen molar-refractivity contribution in [2.45, 2.75) is 19.3 Å². The maximum atomic E-state index is 13.5. The Morgan fingerprint density at radius 2 is 1.88 bits per heavy atom. The maximum absolute atomic E-state index is 13.5. The van der Waals surface area contributed by atoms with E-state index in [1.807, 2.05) is 0 Å². The summed E-state index contributed by atoms with van der Waals surface area (Å²) in [5.41, 5.74) is 1.37. The zero-order chi connectivity index (χ0) is 18.3. The van der Waals surface area contributed by atoms with Crippen LogP contribution in [0.1, 0.15) is 24.3 Å². The first-order valence-electron chi connectivity index (χ1n) is 8.49. The minimum absolute atomic E-state index is 0.117. The molecule has 1 aromatic heterocycles. The van der Waals surface area contributed by atoms with Gasteiger partial charge in [0.25, 0.3) is 0 Å². The van der Waals surface area contributed by atoms with Gasteiger partial charge in [-0.3, -0.25) is 10.4 Å². The van der Waals surface area contributed by atoms with Crippen molar-refractivity contribution in [3.05, 3.63) is 46.0 Å². The normalized spacial score (nSPS) is 18.8. The first-order valence-corrected chi connectivity index (χ1v) is 9.37. The summed E-state index contributed by atoms with van der Waals surface area (Å²) in [6.07, 6.45) is 3.35. The van der Waals surface area contributed by atoms with Gasteiger partial charge in [-0.05, 0) is 31.0 Å². The number of rotatable bonds is 3. The number of amidine groups is 1. The summed E-state index contributed by atoms with van der Waals surface area (Å²) in [4.78, 5) is 4.44. The van der Waals surface area contributed by atoms with Crippen LogP contribution in [0.15, 0.2) is 29.3 Å². The second-order valence-electron chi connectivity index (χ2n) is 6.41. The van der Waals surface area contributed by atoms with Crippen molar-refractivity contribution < 1.29 is 13.9 Å². The van der Waals surface area contributed by atoms with Crippen molar-refractivity contribution >= 4 is 22.7 Å². The van der Waals surface area contributed by atoms with E-state index in [0.29, 0.717) is 21.8 Å². The lowest BCUT2D eigenvalue weighted by molar-refractivity contribution is 0.0312. The van der Waals surface area contributed by atoms with Gasteiger partial charge in [-0.15, -0.1) is 11.3 Å². The third kappa shape index (κ3) is 2.99. The first-order chi connectivity index (χ1) is 12.5. The van der Waals surface area contributed by atoms with Gasteiger partial charge < -0.3 is 5.11 Å². The molecular formula is C18H18F2N4OS. The third-order valence-corrected chi connectivity index (χ3v) is 5.55. The molecule has 0 radical (unpaired) electrons. The first kappa shape index (κ1) is 17.1. The molecule has 0 saturated carbocycles. The van der Waals surface area contributed by atoms with E-state index in [2.05, 4.69) is 9.99 Å². The van der Waals surface area contributed by atoms with Crippen molar-refractivity contribution in [2.75, 3.05) is 19.6 Å². The standard InChI is InChI=1S/C18H18F2N4OS/c19-12-5-4-11(8-13(12)20)14-10-26-18(22-14)16-15(25)9-24(17(16)21)23-6-2-1-3-7-23/h4-5,8,10,21,25H,1-3,6-7,9H2. The Morgan fingerprint density at radius 3 is 2.62 bits per heavy atom. The molecule has 8 heteroatoms. The van der Waals surface area contributed by atoms with E-state index in [1.165, 1.54) is 23.8 Å². The highest BCUT2D eigenvalue weighted by molar-refractivity contribution is 7.11. The minimum atomic E-state index is -0.927. The maximum Gasteiger partial charge on any atom is 0.159 e. The van der Waals surface area contributed by atoms with E-state index in [4.69, 9.17) is 5.41 Å². The van der Waals surface area contributed by atoms with Gasteiger partial charge >= 0.3 is 0 Å². The molecule has 1 fully saturated rings. The molecule has 0 unspecified atom stereocenters. The van der Waals surface area contributed by atoms with Gasteiger partial charge in [0, 0.05) is 24.0 Å². The van der Waals surface area contributed by atoms with Gasteiger partial charge in [-0.1, -0.05) is 6.42 Å². The largest absolute Gasteiger partial charge is 0.509 e. The lowest BCUT2D eigenvalue weighted by atomic mass is 10.1. The summed E-state index contributed by atoms with van der Waals surface area (Å²) < 4.78 is 26.6. The predicted molar refractivity (Wildman–Crippen MR) is 96.9 cm³/mol. The summed E-state index contributed by atoms with van der Waals surface area (Å²) in [7, 11) is 0. The number of aromatic nitrogens is 1. The topological polar surface area (TPSA) is 63.5 Å². The highest BCUT2D eigenvalue weighted by Crippen LogP contribution is 2.33. The molecule has 26 heavy (non-hydrogen) atoms. The molecule has 0 spiro atoms. The average molecular weight is 376 g/mol.